The van der Waals surface area contributed by atoms with Gasteiger partial charge in [-0.25, -0.2) is 9.69 Å². The van der Waals surface area contributed by atoms with Crippen molar-refractivity contribution in [3.63, 3.8) is 0 Å². The van der Waals surface area contributed by atoms with Gasteiger partial charge in [-0.15, -0.1) is 6.58 Å². The van der Waals surface area contributed by atoms with E-state index in [4.69, 9.17) is 21.1 Å². The van der Waals surface area contributed by atoms with Gasteiger partial charge in [0.2, 0.25) is 5.91 Å². The lowest BCUT2D eigenvalue weighted by Gasteiger charge is -2.16. The number of imide groups is 1. The van der Waals surface area contributed by atoms with Crippen molar-refractivity contribution in [1.82, 2.24) is 10.2 Å². The number of nitrogens with one attached hydrogen (secondary N) is 2. The summed E-state index contributed by atoms with van der Waals surface area (Å²) in [5, 5.41) is 5.99. The van der Waals surface area contributed by atoms with Gasteiger partial charge in [-0.05, 0) is 65.9 Å². The lowest BCUT2D eigenvalue weighted by Crippen LogP contribution is -2.38. The number of nitrogens with zero attached hydrogens (tertiary/aromatic N) is 1. The average molecular weight is 560 g/mol. The monoisotopic (exact) mass is 559 g/mol. The Morgan fingerprint density at radius 1 is 1.10 bits per heavy atom. The van der Waals surface area contributed by atoms with Crippen LogP contribution in [-0.4, -0.2) is 36.4 Å². The molecule has 3 aromatic carbocycles. The normalized spacial score (nSPS) is 13.8. The fourth-order valence-corrected chi connectivity index (χ4v) is 4.42. The van der Waals surface area contributed by atoms with Gasteiger partial charge in [-0.3, -0.25) is 9.59 Å². The van der Waals surface area contributed by atoms with Crippen molar-refractivity contribution in [3.05, 3.63) is 106 Å². The van der Waals surface area contributed by atoms with E-state index >= 15 is 0 Å². The first-order chi connectivity index (χ1) is 19.3. The summed E-state index contributed by atoms with van der Waals surface area (Å²) in [6.45, 7) is 5.69. The van der Waals surface area contributed by atoms with E-state index in [0.29, 0.717) is 40.8 Å². The highest BCUT2D eigenvalue weighted by atomic mass is 35.5. The molecule has 40 heavy (non-hydrogen) atoms. The highest BCUT2D eigenvalue weighted by Gasteiger charge is 2.35. The summed E-state index contributed by atoms with van der Waals surface area (Å²) in [5.74, 6) is -0.0614. The maximum atomic E-state index is 13.1. The molecule has 0 bridgehead atoms. The lowest BCUT2D eigenvalue weighted by atomic mass is 10.0. The predicted octanol–water partition coefficient (Wildman–Crippen LogP) is 5.75. The Balaban J connectivity index is 1.52. The van der Waals surface area contributed by atoms with E-state index in [-0.39, 0.29) is 5.70 Å². The van der Waals surface area contributed by atoms with Crippen LogP contribution in [0.5, 0.6) is 11.5 Å². The summed E-state index contributed by atoms with van der Waals surface area (Å²) in [7, 11) is 1.53. The smallest absolute Gasteiger partial charge is 0.329 e. The summed E-state index contributed by atoms with van der Waals surface area (Å²) in [6.07, 6.45) is 4.49. The number of carbonyl (C=O) groups is 3. The molecule has 1 aliphatic heterocycles. The number of benzene rings is 3. The van der Waals surface area contributed by atoms with Crippen LogP contribution in [0.4, 0.5) is 10.5 Å². The minimum Gasteiger partial charge on any atom is -0.493 e. The molecule has 8 nitrogen and oxygen atoms in total. The van der Waals surface area contributed by atoms with Gasteiger partial charge in [0.05, 0.1) is 7.11 Å². The number of anilines is 1. The van der Waals surface area contributed by atoms with Crippen LogP contribution in [0.1, 0.15) is 29.2 Å². The van der Waals surface area contributed by atoms with Crippen LogP contribution < -0.4 is 20.1 Å². The van der Waals surface area contributed by atoms with E-state index in [1.165, 1.54) is 7.11 Å². The molecule has 4 amide bonds. The van der Waals surface area contributed by atoms with E-state index < -0.39 is 24.4 Å². The van der Waals surface area contributed by atoms with Crippen molar-refractivity contribution < 1.29 is 23.9 Å². The van der Waals surface area contributed by atoms with Crippen LogP contribution >= 0.6 is 11.6 Å². The standard InChI is InChI=1S/C31H30ClN3O5/c1-4-8-23-15-21(17-27(39-3)29(23)40-19-20-11-13-24(32)14-12-20)16-26-30(37)35(31(38)34-26)18-28(36)33-25-10-7-6-9-22(25)5-2/h4,6-7,9-17H,1,5,8,18-19H2,2-3H3,(H,33,36)(H,34,38)/b26-16+. The number of para-hydroxylation sites is 1. The maximum absolute atomic E-state index is 13.1. The summed E-state index contributed by atoms with van der Waals surface area (Å²) >= 11 is 5.98. The van der Waals surface area contributed by atoms with E-state index in [0.717, 1.165) is 28.0 Å². The number of carbonyl (C=O) groups excluding carboxylic acids is 3. The van der Waals surface area contributed by atoms with Crippen LogP contribution in [0, 0.1) is 0 Å². The summed E-state index contributed by atoms with van der Waals surface area (Å²) < 4.78 is 11.7. The number of aryl methyl sites for hydroxylation is 1. The highest BCUT2D eigenvalue weighted by molar-refractivity contribution is 6.30. The molecule has 0 unspecified atom stereocenters. The van der Waals surface area contributed by atoms with Gasteiger partial charge >= 0.3 is 6.03 Å². The van der Waals surface area contributed by atoms with Crippen LogP contribution in [0.3, 0.4) is 0 Å². The molecule has 0 saturated carbocycles. The third-order valence-electron chi connectivity index (χ3n) is 6.28. The maximum Gasteiger partial charge on any atom is 0.329 e. The molecule has 1 saturated heterocycles. The van der Waals surface area contributed by atoms with Crippen molar-refractivity contribution in [1.29, 1.82) is 0 Å². The Morgan fingerprint density at radius 2 is 1.85 bits per heavy atom. The molecule has 3 aromatic rings. The highest BCUT2D eigenvalue weighted by Crippen LogP contribution is 2.35. The number of hydrogen-bond acceptors (Lipinski definition) is 5. The summed E-state index contributed by atoms with van der Waals surface area (Å²) in [5.41, 5.74) is 3.99. The van der Waals surface area contributed by atoms with Gasteiger partial charge in [0.25, 0.3) is 5.91 Å². The fraction of sp³-hybridized carbons (Fsp3) is 0.194. The molecule has 0 aromatic heterocycles. The summed E-state index contributed by atoms with van der Waals surface area (Å²) in [6, 6.07) is 17.6. The topological polar surface area (TPSA) is 97.0 Å². The Kier molecular flexibility index (Phi) is 9.24. The van der Waals surface area contributed by atoms with E-state index in [1.54, 1.807) is 36.4 Å². The Labute approximate surface area is 238 Å². The van der Waals surface area contributed by atoms with Crippen LogP contribution in [-0.2, 0) is 29.0 Å². The zero-order valence-corrected chi connectivity index (χ0v) is 23.1. The first-order valence-corrected chi connectivity index (χ1v) is 13.1. The van der Waals surface area contributed by atoms with Gasteiger partial charge in [-0.1, -0.05) is 54.9 Å². The third-order valence-corrected chi connectivity index (χ3v) is 6.53. The number of halogens is 1. The predicted molar refractivity (Wildman–Crippen MR) is 155 cm³/mol. The van der Waals surface area contributed by atoms with Crippen molar-refractivity contribution in [2.75, 3.05) is 19.0 Å². The number of amides is 4. The Hall–Kier alpha value is -4.56. The molecule has 0 aliphatic carbocycles. The number of urea groups is 1. The van der Waals surface area contributed by atoms with Crippen LogP contribution in [0.25, 0.3) is 6.08 Å². The number of hydrogen-bond donors (Lipinski definition) is 2. The van der Waals surface area contributed by atoms with Gasteiger partial charge in [0.15, 0.2) is 11.5 Å². The molecule has 0 atom stereocenters. The molecule has 0 radical (unpaired) electrons. The molecule has 1 heterocycles. The third kappa shape index (κ3) is 6.71. The second-order valence-corrected chi connectivity index (χ2v) is 9.49. The zero-order chi connectivity index (χ0) is 28.6. The van der Waals surface area contributed by atoms with Gasteiger partial charge < -0.3 is 20.1 Å². The number of methoxy groups -OCH3 is 1. The second-order valence-electron chi connectivity index (χ2n) is 9.06. The van der Waals surface area contributed by atoms with E-state index in [2.05, 4.69) is 17.2 Å². The summed E-state index contributed by atoms with van der Waals surface area (Å²) in [4.78, 5) is 39.2. The molecular weight excluding hydrogens is 530 g/mol. The molecule has 1 fully saturated rings. The lowest BCUT2D eigenvalue weighted by molar-refractivity contribution is -0.127. The number of rotatable bonds is 11. The minimum absolute atomic E-state index is 0.0493. The van der Waals surface area contributed by atoms with Crippen LogP contribution in [0.2, 0.25) is 5.02 Å². The first-order valence-electron chi connectivity index (χ1n) is 12.7. The average Bonchev–Trinajstić information content (AvgIpc) is 3.20. The van der Waals surface area contributed by atoms with Crippen LogP contribution in [0.15, 0.2) is 79.0 Å². The van der Waals surface area contributed by atoms with E-state index in [1.807, 2.05) is 43.3 Å². The molecule has 2 N–H and O–H groups in total. The SMILES string of the molecule is C=CCc1cc(/C=C2/NC(=O)N(CC(=O)Nc3ccccc3CC)C2=O)cc(OC)c1OCc1ccc(Cl)cc1. The quantitative estimate of drug-likeness (QED) is 0.177. The molecule has 1 aliphatic rings. The molecule has 9 heteroatoms. The second kappa shape index (κ2) is 13.0. The fourth-order valence-electron chi connectivity index (χ4n) is 4.29. The first kappa shape index (κ1) is 28.4. The number of allylic oxidation sites excluding steroid dienone is 1. The van der Waals surface area contributed by atoms with Crippen molar-refractivity contribution >= 4 is 41.2 Å². The van der Waals surface area contributed by atoms with Gasteiger partial charge in [0.1, 0.15) is 18.8 Å². The molecular formula is C31H30ClN3O5. The Bertz CT molecular complexity index is 1470. The van der Waals surface area contributed by atoms with E-state index in [9.17, 15) is 14.4 Å². The van der Waals surface area contributed by atoms with Gasteiger partial charge in [-0.2, -0.15) is 0 Å². The minimum atomic E-state index is -0.670. The van der Waals surface area contributed by atoms with Gasteiger partial charge in [0, 0.05) is 16.3 Å². The van der Waals surface area contributed by atoms with Crippen molar-refractivity contribution in [2.45, 2.75) is 26.4 Å². The largest absolute Gasteiger partial charge is 0.493 e. The van der Waals surface area contributed by atoms with Crippen molar-refractivity contribution in [2.24, 2.45) is 0 Å². The molecule has 0 spiro atoms. The number of ether oxygens (including phenoxy) is 2. The Morgan fingerprint density at radius 3 is 2.55 bits per heavy atom. The molecule has 4 rings (SSSR count). The molecule has 206 valence electrons. The zero-order valence-electron chi connectivity index (χ0n) is 22.3. The van der Waals surface area contributed by atoms with Crippen molar-refractivity contribution in [3.8, 4) is 11.5 Å².